The van der Waals surface area contributed by atoms with Crippen LogP contribution in [-0.2, 0) is 13.7 Å². The Hall–Kier alpha value is -18.5. The predicted octanol–water partition coefficient (Wildman–Crippen LogP) is 29.5. The van der Waals surface area contributed by atoms with Crippen molar-refractivity contribution in [2.24, 2.45) is 0 Å². The molecule has 0 aliphatic heterocycles. The van der Waals surface area contributed by atoms with Crippen LogP contribution in [0.25, 0.3) is 234 Å². The van der Waals surface area contributed by atoms with E-state index in [0.29, 0.717) is 21.6 Å². The van der Waals surface area contributed by atoms with E-state index in [1.54, 1.807) is 12.4 Å². The second-order valence-electron chi connectivity index (χ2n) is 38.2. The molecule has 3 atom stereocenters. The largest absolute Gasteiger partial charge is 0.307 e. The summed E-state index contributed by atoms with van der Waals surface area (Å²) in [7, 11) is -11.0. The molecule has 32 rings (SSSR count). The molecule has 17 heteroatoms. The van der Waals surface area contributed by atoms with Crippen LogP contribution in [0.3, 0.4) is 0 Å². The smallest absolute Gasteiger partial charge is 0.235 e. The van der Waals surface area contributed by atoms with Crippen LogP contribution < -0.4 is 42.8 Å². The molecule has 14 nitrogen and oxygen atoms in total. The fourth-order valence-electron chi connectivity index (χ4n) is 23.7. The van der Waals surface area contributed by atoms with Crippen molar-refractivity contribution in [1.29, 1.82) is 0 Å². The molecule has 0 bridgehead atoms. The van der Waals surface area contributed by atoms with Gasteiger partial charge in [0.2, 0.25) is 14.4 Å². The molecule has 0 fully saturated rings. The zero-order chi connectivity index (χ0) is 97.8. The standard InChI is InChI=1S/C45H27N4OP.C45H28N3OP.C41H25N4OP/c50-51(32-14-2-1-3-15-32,41-23-22-29-21-20-28-13-10-24-46-43(28)44(29)48-41)40-27-36-35-25-30-11-4-5-12-31(30)26-39(35)49-38-19-9-8-18-37(38)47-45(49)42(36)34-17-7-6-16-33(34)40;49-50(31-16-2-1-3-17-31,48-38-23-11-8-20-34(38)35-21-9-12-24-39(35)48)44-33-19-7-5-15-30(33)28-41-43(44)36-27-26-29-14-4-6-18-32(29)42(36)45-46-37-22-10-13-25-40(37)47(41)45;46-47(30-16-2-1-3-17-30,41-42-25-29-15-7-9-19-33(29)44-41)37-24-28-14-6-8-18-31(28)39-38(37)32-22-26-12-4-5-13-27(26)23-36(32)45-35-21-11-10-20-34(35)43-40(39)45/h1-27H;1-28H;1-25H. The lowest BCUT2D eigenvalue weighted by Crippen LogP contribution is -2.30. The Morgan fingerprint density at radius 1 is 0.203 bits per heavy atom. The highest BCUT2D eigenvalue weighted by atomic mass is 31.2. The summed E-state index contributed by atoms with van der Waals surface area (Å²) in [5.41, 5.74) is 16.6. The van der Waals surface area contributed by atoms with Crippen molar-refractivity contribution < 1.29 is 13.7 Å². The molecule has 0 saturated heterocycles. The third kappa shape index (κ3) is 12.6. The number of nitrogens with zero attached hydrogens (tertiary/aromatic N) is 11. The summed E-state index contributed by atoms with van der Waals surface area (Å²) < 4.78 is 59.2. The van der Waals surface area contributed by atoms with Gasteiger partial charge < -0.3 is 9.13 Å². The van der Waals surface area contributed by atoms with Crippen LogP contribution in [0.5, 0.6) is 0 Å². The van der Waals surface area contributed by atoms with Crippen LogP contribution in [-0.4, -0.2) is 52.4 Å². The molecule has 692 valence electrons. The third-order valence-corrected chi connectivity index (χ3v) is 39.1. The normalized spacial score (nSPS) is 13.4. The molecule has 0 amide bonds. The Bertz CT molecular complexity index is 11500. The van der Waals surface area contributed by atoms with Crippen molar-refractivity contribution in [3.8, 4) is 0 Å². The molecule has 148 heavy (non-hydrogen) atoms. The average Bonchev–Trinajstić information content (AvgIpc) is 1.42. The van der Waals surface area contributed by atoms with Gasteiger partial charge in [0.05, 0.1) is 82.5 Å². The van der Waals surface area contributed by atoms with Gasteiger partial charge in [-0.2, -0.15) is 0 Å². The fraction of sp³-hybridized carbons (Fsp3) is 0. The van der Waals surface area contributed by atoms with Gasteiger partial charge in [0, 0.05) is 104 Å². The zero-order valence-corrected chi connectivity index (χ0v) is 81.9. The monoisotopic (exact) mass is 1950 g/mol. The molecule has 22 aromatic carbocycles. The van der Waals surface area contributed by atoms with Gasteiger partial charge in [0.1, 0.15) is 22.4 Å². The lowest BCUT2D eigenvalue weighted by atomic mass is 9.97. The molecule has 0 radical (unpaired) electrons. The molecule has 3 unspecified atom stereocenters. The first-order valence-corrected chi connectivity index (χ1v) is 54.7. The van der Waals surface area contributed by atoms with Crippen molar-refractivity contribution in [1.82, 2.24) is 52.4 Å². The number of rotatable bonds is 9. The van der Waals surface area contributed by atoms with E-state index >= 15 is 13.7 Å². The zero-order valence-electron chi connectivity index (χ0n) is 79.2. The van der Waals surface area contributed by atoms with E-state index in [4.69, 9.17) is 34.9 Å². The molecule has 0 aliphatic carbocycles. The molecule has 32 aromatic rings. The van der Waals surface area contributed by atoms with Crippen molar-refractivity contribution in [2.75, 3.05) is 0 Å². The van der Waals surface area contributed by atoms with E-state index in [9.17, 15) is 0 Å². The number of para-hydroxylation sites is 9. The van der Waals surface area contributed by atoms with E-state index < -0.39 is 21.6 Å². The Balaban J connectivity index is 0.000000103. The number of hydrogen-bond donors (Lipinski definition) is 0. The number of imidazole rings is 3. The lowest BCUT2D eigenvalue weighted by Gasteiger charge is -2.27. The number of benzene rings is 22. The van der Waals surface area contributed by atoms with Gasteiger partial charge in [-0.25, -0.2) is 29.9 Å². The van der Waals surface area contributed by atoms with Crippen molar-refractivity contribution in [3.05, 3.63) is 486 Å². The summed E-state index contributed by atoms with van der Waals surface area (Å²) in [5.74, 6) is 0. The van der Waals surface area contributed by atoms with Gasteiger partial charge in [-0.05, 0) is 197 Å². The van der Waals surface area contributed by atoms with E-state index in [2.05, 4.69) is 321 Å². The van der Waals surface area contributed by atoms with Crippen molar-refractivity contribution in [2.45, 2.75) is 0 Å². The first kappa shape index (κ1) is 85.1. The molecular weight excluding hydrogens is 1870 g/mol. The van der Waals surface area contributed by atoms with E-state index in [-0.39, 0.29) is 0 Å². The van der Waals surface area contributed by atoms with Gasteiger partial charge >= 0.3 is 0 Å². The Kier molecular flexibility index (Phi) is 19.0. The van der Waals surface area contributed by atoms with Crippen molar-refractivity contribution >= 4 is 299 Å². The maximum Gasteiger partial charge on any atom is 0.235 e. The highest BCUT2D eigenvalue weighted by Crippen LogP contribution is 2.57. The molecule has 0 saturated carbocycles. The fourth-order valence-corrected chi connectivity index (χ4v) is 32.4. The van der Waals surface area contributed by atoms with E-state index in [1.807, 2.05) is 170 Å². The SMILES string of the molecule is O=P(c1ccccc1)(c1c2ccccc2cc2c1c1ccc3ccccc3c1c1nc3ccccc3n21)n1c2ccccc2c2ccccc21.O=P(c1ccccc1)(c1ccc2ccc3cccnc3c2n1)c1cc2c3cc4ccccc4cc3n3c4ccccc4nc3c2c2ccccc12.O=P(c1ccccc1)(c1ncc2ccccc2n1)c1cc2ccccc2c2c1c1cc3ccccc3cc1n1c3ccccc3nc21. The van der Waals surface area contributed by atoms with E-state index in [0.717, 1.165) is 255 Å². The summed E-state index contributed by atoms with van der Waals surface area (Å²) in [6, 6.07) is 162. The van der Waals surface area contributed by atoms with Crippen LogP contribution in [0.4, 0.5) is 0 Å². The summed E-state index contributed by atoms with van der Waals surface area (Å²) in [6.07, 6.45) is 3.58. The summed E-state index contributed by atoms with van der Waals surface area (Å²) in [6.45, 7) is 0. The minimum absolute atomic E-state index is 0.321. The molecule has 0 spiro atoms. The van der Waals surface area contributed by atoms with Crippen LogP contribution in [0.2, 0.25) is 0 Å². The summed E-state index contributed by atoms with van der Waals surface area (Å²) >= 11 is 0. The Morgan fingerprint density at radius 2 is 0.615 bits per heavy atom. The minimum atomic E-state index is -3.71. The minimum Gasteiger partial charge on any atom is -0.307 e. The molecular formula is C131H80N11O3P3. The van der Waals surface area contributed by atoms with Crippen LogP contribution in [0, 0.1) is 0 Å². The predicted molar refractivity (Wildman–Crippen MR) is 619 cm³/mol. The molecule has 0 N–H and O–H groups in total. The van der Waals surface area contributed by atoms with Crippen molar-refractivity contribution in [3.63, 3.8) is 0 Å². The topological polar surface area (TPSA) is 160 Å². The first-order chi connectivity index (χ1) is 73.1. The molecule has 0 aliphatic rings. The highest BCUT2D eigenvalue weighted by Gasteiger charge is 2.41. The number of fused-ring (bicyclic) bond motifs is 40. The number of aromatic nitrogens is 11. The summed E-state index contributed by atoms with van der Waals surface area (Å²) in [4.78, 5) is 35.7. The van der Waals surface area contributed by atoms with Gasteiger partial charge in [-0.1, -0.05) is 352 Å². The quantitative estimate of drug-likeness (QED) is 0.0773. The van der Waals surface area contributed by atoms with Gasteiger partial charge in [0.15, 0.2) is 12.7 Å². The average molecular weight is 1950 g/mol. The van der Waals surface area contributed by atoms with E-state index in [1.165, 1.54) is 0 Å². The molecule has 10 aromatic heterocycles. The van der Waals surface area contributed by atoms with Crippen LogP contribution in [0.1, 0.15) is 0 Å². The maximum atomic E-state index is 17.3. The third-order valence-electron chi connectivity index (χ3n) is 30.3. The lowest BCUT2D eigenvalue weighted by molar-refractivity contribution is 0.583. The van der Waals surface area contributed by atoms with Gasteiger partial charge in [-0.15, -0.1) is 0 Å². The number of hydrogen-bond acceptors (Lipinski definition) is 10. The molecule has 10 heterocycles. The highest BCUT2D eigenvalue weighted by molar-refractivity contribution is 7.86. The second kappa shape index (κ2) is 33.0. The van der Waals surface area contributed by atoms with Gasteiger partial charge in [0.25, 0.3) is 0 Å². The van der Waals surface area contributed by atoms with Crippen LogP contribution in [0.15, 0.2) is 486 Å². The Labute approximate surface area is 844 Å². The van der Waals surface area contributed by atoms with Crippen LogP contribution >= 0.6 is 21.6 Å². The Morgan fingerprint density at radius 3 is 1.22 bits per heavy atom. The van der Waals surface area contributed by atoms with Gasteiger partial charge in [-0.3, -0.25) is 27.1 Å². The first-order valence-electron chi connectivity index (χ1n) is 49.6. The second-order valence-corrected chi connectivity index (χ2v) is 46.1. The number of pyridine rings is 5. The summed E-state index contributed by atoms with van der Waals surface area (Å²) in [5, 5.41) is 31.4. The maximum absolute atomic E-state index is 17.3.